The fraction of sp³-hybridized carbons (Fsp3) is 0.643. The molecule has 1 aromatic heterocycles. The van der Waals surface area contributed by atoms with Crippen LogP contribution in [-0.4, -0.2) is 28.5 Å². The number of rotatable bonds is 4. The highest BCUT2D eigenvalue weighted by Gasteiger charge is 2.27. The molecule has 0 spiro atoms. The molecule has 0 amide bonds. The predicted octanol–water partition coefficient (Wildman–Crippen LogP) is 1.47. The highest BCUT2D eigenvalue weighted by Crippen LogP contribution is 2.37. The van der Waals surface area contributed by atoms with Gasteiger partial charge in [-0.25, -0.2) is 4.98 Å². The van der Waals surface area contributed by atoms with E-state index in [9.17, 15) is 0 Å². The van der Waals surface area contributed by atoms with Crippen LogP contribution < -0.4 is 10.6 Å². The minimum Gasteiger partial charge on any atom is -0.353 e. The average molecular weight is 272 g/mol. The van der Waals surface area contributed by atoms with Crippen LogP contribution in [0.4, 0.5) is 0 Å². The molecule has 2 aliphatic carbocycles. The lowest BCUT2D eigenvalue weighted by molar-refractivity contribution is 0.548. The summed E-state index contributed by atoms with van der Waals surface area (Å²) in [6.45, 7) is 0.786. The minimum absolute atomic E-state index is 0.510. The first-order valence-electron chi connectivity index (χ1n) is 7.29. The van der Waals surface area contributed by atoms with Crippen LogP contribution in [0.5, 0.6) is 0 Å². The molecule has 3 rings (SSSR count). The third-order valence-corrected chi connectivity index (χ3v) is 4.10. The summed E-state index contributed by atoms with van der Waals surface area (Å²) < 4.78 is 0. The fourth-order valence-electron chi connectivity index (χ4n) is 2.83. The molecule has 3 N–H and O–H groups in total. The topological polar surface area (TPSA) is 88.9 Å². The largest absolute Gasteiger partial charge is 0.353 e. The van der Waals surface area contributed by atoms with E-state index in [2.05, 4.69) is 25.6 Å². The van der Waals surface area contributed by atoms with E-state index in [-0.39, 0.29) is 0 Å². The van der Waals surface area contributed by atoms with E-state index in [1.165, 1.54) is 31.4 Å². The second kappa shape index (κ2) is 5.95. The van der Waals surface area contributed by atoms with Crippen molar-refractivity contribution in [2.75, 3.05) is 6.54 Å². The molecule has 2 saturated carbocycles. The molecule has 0 radical (unpaired) electrons. The van der Waals surface area contributed by atoms with Crippen molar-refractivity contribution in [3.63, 3.8) is 0 Å². The van der Waals surface area contributed by atoms with Crippen LogP contribution in [-0.2, 0) is 0 Å². The standard InChI is InChI=1S/C14H20N6/c15-8-18-14(20-12-3-4-12)17-6-10-1-2-11(5-10)13-7-16-9-19-13/h7,9-12H,1-6H2,(H,16,19)(H2,17,18,20)/t10-,11-/m0/s1. The van der Waals surface area contributed by atoms with E-state index < -0.39 is 0 Å². The summed E-state index contributed by atoms with van der Waals surface area (Å²) in [6.07, 6.45) is 11.5. The normalized spacial score (nSPS) is 26.2. The van der Waals surface area contributed by atoms with Crippen LogP contribution in [0.25, 0.3) is 0 Å². The SMILES string of the molecule is N#CNC(=NC[C@H]1CC[C@H](c2cnc[nH]2)C1)NC1CC1. The molecule has 1 heterocycles. The van der Waals surface area contributed by atoms with Crippen LogP contribution >= 0.6 is 0 Å². The molecule has 6 heteroatoms. The van der Waals surface area contributed by atoms with Gasteiger partial charge in [-0.1, -0.05) is 0 Å². The summed E-state index contributed by atoms with van der Waals surface area (Å²) in [5.74, 6) is 1.82. The monoisotopic (exact) mass is 272 g/mol. The number of aliphatic imine (C=N–C) groups is 1. The van der Waals surface area contributed by atoms with Crippen molar-refractivity contribution in [2.24, 2.45) is 10.9 Å². The first kappa shape index (κ1) is 13.0. The Hall–Kier alpha value is -2.03. The summed E-state index contributed by atoms with van der Waals surface area (Å²) in [6, 6.07) is 0.510. The Morgan fingerprint density at radius 1 is 1.45 bits per heavy atom. The smallest absolute Gasteiger partial charge is 0.204 e. The lowest BCUT2D eigenvalue weighted by Gasteiger charge is -2.10. The molecule has 0 unspecified atom stereocenters. The summed E-state index contributed by atoms with van der Waals surface area (Å²) >= 11 is 0. The summed E-state index contributed by atoms with van der Waals surface area (Å²) in [7, 11) is 0. The Kier molecular flexibility index (Phi) is 3.86. The van der Waals surface area contributed by atoms with Gasteiger partial charge in [0.15, 0.2) is 6.19 Å². The van der Waals surface area contributed by atoms with Crippen LogP contribution in [0.3, 0.4) is 0 Å². The number of nitrogens with zero attached hydrogens (tertiary/aromatic N) is 3. The van der Waals surface area contributed by atoms with Gasteiger partial charge in [0, 0.05) is 30.4 Å². The number of H-pyrrole nitrogens is 1. The number of nitriles is 1. The van der Waals surface area contributed by atoms with Crippen molar-refractivity contribution in [3.8, 4) is 6.19 Å². The molecule has 1 aromatic rings. The van der Waals surface area contributed by atoms with Crippen molar-refractivity contribution in [1.29, 1.82) is 5.26 Å². The number of imidazole rings is 1. The van der Waals surface area contributed by atoms with Crippen LogP contribution in [0.1, 0.15) is 43.7 Å². The van der Waals surface area contributed by atoms with Gasteiger partial charge in [-0.05, 0) is 38.0 Å². The molecule has 2 fully saturated rings. The zero-order chi connectivity index (χ0) is 13.8. The first-order valence-corrected chi connectivity index (χ1v) is 7.29. The number of guanidine groups is 1. The minimum atomic E-state index is 0.510. The second-order valence-corrected chi connectivity index (χ2v) is 5.73. The van der Waals surface area contributed by atoms with Crippen molar-refractivity contribution in [2.45, 2.75) is 44.1 Å². The van der Waals surface area contributed by atoms with Crippen LogP contribution in [0.2, 0.25) is 0 Å². The lowest BCUT2D eigenvalue weighted by Crippen LogP contribution is -2.36. The van der Waals surface area contributed by atoms with Crippen LogP contribution in [0.15, 0.2) is 17.5 Å². The van der Waals surface area contributed by atoms with Gasteiger partial charge in [-0.2, -0.15) is 5.26 Å². The number of hydrogen-bond donors (Lipinski definition) is 3. The highest BCUT2D eigenvalue weighted by molar-refractivity contribution is 5.81. The van der Waals surface area contributed by atoms with Gasteiger partial charge in [0.25, 0.3) is 0 Å². The Bertz CT molecular complexity index is 496. The molecule has 0 aromatic carbocycles. The van der Waals surface area contributed by atoms with Gasteiger partial charge < -0.3 is 10.3 Å². The molecule has 2 atom stereocenters. The maximum absolute atomic E-state index is 8.74. The van der Waals surface area contributed by atoms with Gasteiger partial charge in [-0.15, -0.1) is 0 Å². The van der Waals surface area contributed by atoms with Gasteiger partial charge in [0.05, 0.1) is 6.33 Å². The zero-order valence-corrected chi connectivity index (χ0v) is 11.5. The maximum Gasteiger partial charge on any atom is 0.204 e. The van der Waals surface area contributed by atoms with E-state index >= 15 is 0 Å². The molecular weight excluding hydrogens is 252 g/mol. The Balaban J connectivity index is 1.51. The number of aromatic amines is 1. The van der Waals surface area contributed by atoms with Gasteiger partial charge in [0.2, 0.25) is 5.96 Å². The van der Waals surface area contributed by atoms with E-state index in [0.717, 1.165) is 13.0 Å². The number of nitrogens with one attached hydrogen (secondary N) is 3. The number of aromatic nitrogens is 2. The third kappa shape index (κ3) is 3.29. The van der Waals surface area contributed by atoms with E-state index in [0.29, 0.717) is 23.8 Å². The molecule has 2 aliphatic rings. The van der Waals surface area contributed by atoms with E-state index in [4.69, 9.17) is 5.26 Å². The van der Waals surface area contributed by atoms with Crippen molar-refractivity contribution in [1.82, 2.24) is 20.6 Å². The zero-order valence-electron chi connectivity index (χ0n) is 11.5. The summed E-state index contributed by atoms with van der Waals surface area (Å²) in [5, 5.41) is 14.6. The lowest BCUT2D eigenvalue weighted by atomic mass is 10.0. The quantitative estimate of drug-likeness (QED) is 0.335. The predicted molar refractivity (Wildman–Crippen MR) is 75.9 cm³/mol. The first-order chi connectivity index (χ1) is 9.85. The maximum atomic E-state index is 8.74. The van der Waals surface area contributed by atoms with Gasteiger partial charge >= 0.3 is 0 Å². The third-order valence-electron chi connectivity index (χ3n) is 4.10. The Morgan fingerprint density at radius 2 is 2.35 bits per heavy atom. The molecule has 106 valence electrons. The Morgan fingerprint density at radius 3 is 3.05 bits per heavy atom. The Labute approximate surface area is 118 Å². The van der Waals surface area contributed by atoms with Gasteiger partial charge in [-0.3, -0.25) is 10.3 Å². The van der Waals surface area contributed by atoms with Crippen molar-refractivity contribution < 1.29 is 0 Å². The van der Waals surface area contributed by atoms with E-state index in [1.807, 2.05) is 12.4 Å². The van der Waals surface area contributed by atoms with Gasteiger partial charge in [0.1, 0.15) is 0 Å². The molecule has 6 nitrogen and oxygen atoms in total. The summed E-state index contributed by atoms with van der Waals surface area (Å²) in [5.41, 5.74) is 1.24. The highest BCUT2D eigenvalue weighted by atomic mass is 15.2. The van der Waals surface area contributed by atoms with Crippen molar-refractivity contribution >= 4 is 5.96 Å². The molecule has 0 aliphatic heterocycles. The van der Waals surface area contributed by atoms with Crippen molar-refractivity contribution in [3.05, 3.63) is 18.2 Å². The molecular formula is C14H20N6. The molecule has 0 bridgehead atoms. The van der Waals surface area contributed by atoms with Crippen LogP contribution in [0, 0.1) is 17.4 Å². The average Bonchev–Trinajstić information content (AvgIpc) is 2.96. The molecule has 20 heavy (non-hydrogen) atoms. The number of hydrogen-bond acceptors (Lipinski definition) is 3. The fourth-order valence-corrected chi connectivity index (χ4v) is 2.83. The molecule has 0 saturated heterocycles. The summed E-state index contributed by atoms with van der Waals surface area (Å²) in [4.78, 5) is 11.8. The second-order valence-electron chi connectivity index (χ2n) is 5.73. The van der Waals surface area contributed by atoms with E-state index in [1.54, 1.807) is 6.33 Å².